The maximum absolute atomic E-state index is 12.0. The van der Waals surface area contributed by atoms with Gasteiger partial charge in [-0.25, -0.2) is 0 Å². The number of ether oxygens (including phenoxy) is 3. The van der Waals surface area contributed by atoms with Crippen molar-refractivity contribution in [1.29, 1.82) is 0 Å². The van der Waals surface area contributed by atoms with Crippen LogP contribution in [-0.4, -0.2) is 31.5 Å². The summed E-state index contributed by atoms with van der Waals surface area (Å²) >= 11 is 0. The number of nitrogens with two attached hydrogens (primary N) is 1. The first-order chi connectivity index (χ1) is 16.4. The van der Waals surface area contributed by atoms with Crippen molar-refractivity contribution in [3.63, 3.8) is 0 Å². The van der Waals surface area contributed by atoms with Gasteiger partial charge in [0, 0.05) is 5.56 Å². The van der Waals surface area contributed by atoms with Crippen LogP contribution in [0.2, 0.25) is 0 Å². The number of carbonyl (C=O) groups excluding carboxylic acids is 2. The lowest BCUT2D eigenvalue weighted by Crippen LogP contribution is -2.36. The van der Waals surface area contributed by atoms with Gasteiger partial charge in [-0.05, 0) is 74.3 Å². The van der Waals surface area contributed by atoms with E-state index in [4.69, 9.17) is 19.9 Å². The van der Waals surface area contributed by atoms with E-state index in [1.165, 1.54) is 18.1 Å². The summed E-state index contributed by atoms with van der Waals surface area (Å²) < 4.78 is 17.7. The zero-order chi connectivity index (χ0) is 24.7. The van der Waals surface area contributed by atoms with Crippen molar-refractivity contribution in [1.82, 2.24) is 0 Å². The van der Waals surface area contributed by atoms with Crippen LogP contribution in [0.4, 0.5) is 0 Å². The van der Waals surface area contributed by atoms with Gasteiger partial charge in [-0.15, -0.1) is 6.58 Å². The molecule has 0 fully saturated rings. The number of carbonyl (C=O) groups is 2. The highest BCUT2D eigenvalue weighted by Crippen LogP contribution is 2.36. The molecule has 1 amide bonds. The average molecular weight is 466 g/mol. The molecular formula is C28H35NO5. The maximum atomic E-state index is 12.0. The highest BCUT2D eigenvalue weighted by atomic mass is 16.5. The smallest absolute Gasteiger partial charge is 0.258 e. The molecule has 182 valence electrons. The minimum atomic E-state index is -0.557. The third-order valence-electron chi connectivity index (χ3n) is 6.19. The van der Waals surface area contributed by atoms with Crippen molar-refractivity contribution >= 4 is 11.7 Å². The molecule has 1 unspecified atom stereocenters. The molecule has 1 heterocycles. The number of aryl methyl sites for hydroxylation is 2. The Morgan fingerprint density at radius 3 is 2.65 bits per heavy atom. The minimum Gasteiger partial charge on any atom is -0.496 e. The van der Waals surface area contributed by atoms with E-state index in [2.05, 4.69) is 25.6 Å². The number of ketones is 1. The molecule has 0 bridgehead atoms. The van der Waals surface area contributed by atoms with Crippen molar-refractivity contribution in [2.24, 2.45) is 5.73 Å². The van der Waals surface area contributed by atoms with Gasteiger partial charge in [-0.1, -0.05) is 31.6 Å². The lowest BCUT2D eigenvalue weighted by Gasteiger charge is -2.27. The van der Waals surface area contributed by atoms with Gasteiger partial charge in [0.15, 0.2) is 11.9 Å². The van der Waals surface area contributed by atoms with Crippen LogP contribution in [0, 0.1) is 0 Å². The summed E-state index contributed by atoms with van der Waals surface area (Å²) in [5.41, 5.74) is 10.4. The van der Waals surface area contributed by atoms with Crippen LogP contribution >= 0.6 is 0 Å². The molecular weight excluding hydrogens is 430 g/mol. The van der Waals surface area contributed by atoms with Crippen LogP contribution in [0.25, 0.3) is 0 Å². The molecule has 2 aromatic carbocycles. The number of amides is 1. The predicted octanol–water partition coefficient (Wildman–Crippen LogP) is 4.77. The Labute approximate surface area is 202 Å². The highest BCUT2D eigenvalue weighted by Gasteiger charge is 2.27. The van der Waals surface area contributed by atoms with Crippen molar-refractivity contribution in [3.05, 3.63) is 64.7 Å². The van der Waals surface area contributed by atoms with E-state index in [0.717, 1.165) is 49.0 Å². The lowest BCUT2D eigenvalue weighted by molar-refractivity contribution is -0.125. The molecule has 0 saturated carbocycles. The first-order valence-corrected chi connectivity index (χ1v) is 11.9. The van der Waals surface area contributed by atoms with Gasteiger partial charge in [0.1, 0.15) is 17.2 Å². The molecule has 34 heavy (non-hydrogen) atoms. The van der Waals surface area contributed by atoms with Crippen LogP contribution < -0.4 is 19.9 Å². The van der Waals surface area contributed by atoms with Crippen LogP contribution in [0.5, 0.6) is 17.2 Å². The van der Waals surface area contributed by atoms with Gasteiger partial charge in [0.2, 0.25) is 0 Å². The van der Waals surface area contributed by atoms with Gasteiger partial charge in [-0.2, -0.15) is 0 Å². The second-order valence-electron chi connectivity index (χ2n) is 8.61. The molecule has 2 N–H and O–H groups in total. The van der Waals surface area contributed by atoms with E-state index in [0.29, 0.717) is 36.5 Å². The Kier molecular flexibility index (Phi) is 8.74. The van der Waals surface area contributed by atoms with E-state index < -0.39 is 12.0 Å². The number of Topliss-reactive ketones (excluding diaryl/α,β-unsaturated/α-hetero) is 1. The molecule has 1 aliphatic rings. The number of rotatable bonds is 12. The van der Waals surface area contributed by atoms with Gasteiger partial charge >= 0.3 is 0 Å². The summed E-state index contributed by atoms with van der Waals surface area (Å²) in [5, 5.41) is 0. The summed E-state index contributed by atoms with van der Waals surface area (Å²) in [4.78, 5) is 23.7. The standard InChI is InChI=1S/C28H35NO5/c1-5-8-22-19(11-12-20-13-15-25(28(29)31)34-26(20)22)10-7-17-33-24-16-14-21(18(3)30)27(32-4)23(24)9-6-2/h6,11-12,14,16,25H,2,5,7-10,13,15,17H2,1,3-4H3,(H2,29,31). The molecule has 3 rings (SSSR count). The number of fused-ring (bicyclic) bond motifs is 1. The number of benzene rings is 2. The fourth-order valence-electron chi connectivity index (χ4n) is 4.54. The SMILES string of the molecule is C=CCc1c(OCCCc2ccc3c(c2CCC)OC(C(N)=O)CC3)ccc(C(C)=O)c1OC. The minimum absolute atomic E-state index is 0.0506. The summed E-state index contributed by atoms with van der Waals surface area (Å²) in [6.07, 6.45) is 6.69. The highest BCUT2D eigenvalue weighted by molar-refractivity contribution is 5.97. The molecule has 0 saturated heterocycles. The average Bonchev–Trinajstić information content (AvgIpc) is 2.82. The normalized spacial score (nSPS) is 14.6. The first kappa shape index (κ1) is 25.3. The van der Waals surface area contributed by atoms with E-state index in [1.807, 2.05) is 6.07 Å². The molecule has 0 aliphatic carbocycles. The van der Waals surface area contributed by atoms with Crippen molar-refractivity contribution in [2.45, 2.75) is 64.9 Å². The van der Waals surface area contributed by atoms with Gasteiger partial charge in [0.25, 0.3) is 5.91 Å². The summed E-state index contributed by atoms with van der Waals surface area (Å²) in [6.45, 7) is 8.00. The number of allylic oxidation sites excluding steroid dienone is 1. The lowest BCUT2D eigenvalue weighted by atomic mass is 9.91. The Morgan fingerprint density at radius 2 is 2.00 bits per heavy atom. The number of methoxy groups -OCH3 is 1. The Hall–Kier alpha value is -3.28. The summed E-state index contributed by atoms with van der Waals surface area (Å²) in [7, 11) is 1.56. The largest absolute Gasteiger partial charge is 0.496 e. The van der Waals surface area contributed by atoms with E-state index in [-0.39, 0.29) is 5.78 Å². The zero-order valence-corrected chi connectivity index (χ0v) is 20.4. The fraction of sp³-hybridized carbons (Fsp3) is 0.429. The summed E-state index contributed by atoms with van der Waals surface area (Å²) in [6, 6.07) is 7.86. The van der Waals surface area contributed by atoms with Crippen LogP contribution in [0.1, 0.15) is 65.7 Å². The van der Waals surface area contributed by atoms with Gasteiger partial charge in [0.05, 0.1) is 19.3 Å². The van der Waals surface area contributed by atoms with Gasteiger partial charge in [-0.3, -0.25) is 9.59 Å². The second kappa shape index (κ2) is 11.7. The Bertz CT molecular complexity index is 1060. The monoisotopic (exact) mass is 465 g/mol. The van der Waals surface area contributed by atoms with Crippen molar-refractivity contribution in [2.75, 3.05) is 13.7 Å². The van der Waals surface area contributed by atoms with Crippen molar-refractivity contribution < 1.29 is 23.8 Å². The number of hydrogen-bond acceptors (Lipinski definition) is 5. The Balaban J connectivity index is 1.74. The maximum Gasteiger partial charge on any atom is 0.258 e. The molecule has 0 aromatic heterocycles. The van der Waals surface area contributed by atoms with Crippen molar-refractivity contribution in [3.8, 4) is 17.2 Å². The van der Waals surface area contributed by atoms with E-state index >= 15 is 0 Å². The molecule has 1 aliphatic heterocycles. The van der Waals surface area contributed by atoms with E-state index in [9.17, 15) is 9.59 Å². The predicted molar refractivity (Wildman–Crippen MR) is 133 cm³/mol. The summed E-state index contributed by atoms with van der Waals surface area (Å²) in [5.74, 6) is 1.63. The molecule has 0 radical (unpaired) electrons. The number of primary amides is 1. The quantitative estimate of drug-likeness (QED) is 0.277. The second-order valence-corrected chi connectivity index (χ2v) is 8.61. The van der Waals surface area contributed by atoms with Crippen LogP contribution in [0.15, 0.2) is 36.9 Å². The fourth-order valence-corrected chi connectivity index (χ4v) is 4.54. The van der Waals surface area contributed by atoms with Crippen LogP contribution in [-0.2, 0) is 30.5 Å². The number of hydrogen-bond donors (Lipinski definition) is 1. The third-order valence-corrected chi connectivity index (χ3v) is 6.19. The molecule has 1 atom stereocenters. The molecule has 0 spiro atoms. The van der Waals surface area contributed by atoms with E-state index in [1.54, 1.807) is 19.3 Å². The molecule has 6 heteroatoms. The van der Waals surface area contributed by atoms with Crippen LogP contribution in [0.3, 0.4) is 0 Å². The third kappa shape index (κ3) is 5.61. The Morgan fingerprint density at radius 1 is 1.21 bits per heavy atom. The molecule has 6 nitrogen and oxygen atoms in total. The topological polar surface area (TPSA) is 87.9 Å². The first-order valence-electron chi connectivity index (χ1n) is 11.9. The van der Waals surface area contributed by atoms with Gasteiger partial charge < -0.3 is 19.9 Å². The molecule has 2 aromatic rings. The zero-order valence-electron chi connectivity index (χ0n) is 20.4.